The summed E-state index contributed by atoms with van der Waals surface area (Å²) >= 11 is 0. The van der Waals surface area contributed by atoms with Gasteiger partial charge in [0.2, 0.25) is 0 Å². The average Bonchev–Trinajstić information content (AvgIpc) is 2.14. The highest BCUT2D eigenvalue weighted by Gasteiger charge is 2.24. The van der Waals surface area contributed by atoms with E-state index in [4.69, 9.17) is 10.2 Å². The minimum absolute atomic E-state index is 0.0289. The van der Waals surface area contributed by atoms with E-state index in [-0.39, 0.29) is 24.7 Å². The molecule has 0 atom stereocenters. The van der Waals surface area contributed by atoms with Crippen molar-refractivity contribution < 1.29 is 18.6 Å². The topological polar surface area (TPSA) is 74.6 Å². The van der Waals surface area contributed by atoms with Crippen molar-refractivity contribution in [1.29, 1.82) is 0 Å². The van der Waals surface area contributed by atoms with Gasteiger partial charge in [-0.2, -0.15) is 0 Å². The Bertz CT molecular complexity index is 229. The maximum atomic E-state index is 11.1. The zero-order valence-corrected chi connectivity index (χ0v) is 8.97. The Morgan fingerprint density at radius 3 is 2.00 bits per heavy atom. The van der Waals surface area contributed by atoms with Crippen LogP contribution in [0.1, 0.15) is 20.3 Å². The Hall–Kier alpha value is -0.130. The Morgan fingerprint density at radius 1 is 1.23 bits per heavy atom. The molecule has 0 aromatic carbocycles. The summed E-state index contributed by atoms with van der Waals surface area (Å²) in [7, 11) is -3.00. The van der Waals surface area contributed by atoms with Crippen molar-refractivity contribution in [2.45, 2.75) is 20.3 Å². The van der Waals surface area contributed by atoms with Gasteiger partial charge >= 0.3 is 0 Å². The van der Waals surface area contributed by atoms with Crippen LogP contribution < -0.4 is 0 Å². The van der Waals surface area contributed by atoms with E-state index < -0.39 is 15.3 Å². The highest BCUT2D eigenvalue weighted by Crippen LogP contribution is 2.20. The fourth-order valence-corrected chi connectivity index (χ4v) is 1.85. The van der Waals surface area contributed by atoms with E-state index in [1.54, 1.807) is 13.8 Å². The van der Waals surface area contributed by atoms with E-state index in [1.165, 1.54) is 0 Å². The summed E-state index contributed by atoms with van der Waals surface area (Å²) in [4.78, 5) is 0. The SMILES string of the molecule is CCS(=O)(=O)CCC(C)(CO)CO. The van der Waals surface area contributed by atoms with Gasteiger partial charge in [-0.25, -0.2) is 8.42 Å². The number of rotatable bonds is 6. The second-order valence-electron chi connectivity index (χ2n) is 3.61. The van der Waals surface area contributed by atoms with Crippen LogP contribution in [-0.2, 0) is 9.84 Å². The molecule has 0 aromatic heterocycles. The standard InChI is InChI=1S/C8H18O4S/c1-3-13(11,12)5-4-8(2,6-9)7-10/h9-10H,3-7H2,1-2H3. The molecular weight excluding hydrogens is 192 g/mol. The lowest BCUT2D eigenvalue weighted by Crippen LogP contribution is -2.29. The fraction of sp³-hybridized carbons (Fsp3) is 1.00. The molecular formula is C8H18O4S. The molecule has 0 aromatic rings. The lowest BCUT2D eigenvalue weighted by atomic mass is 9.90. The highest BCUT2D eigenvalue weighted by molar-refractivity contribution is 7.91. The van der Waals surface area contributed by atoms with Crippen LogP contribution in [0.15, 0.2) is 0 Å². The first-order valence-electron chi connectivity index (χ1n) is 4.31. The summed E-state index contributed by atoms with van der Waals surface area (Å²) in [6.45, 7) is 2.87. The number of aliphatic hydroxyl groups is 2. The van der Waals surface area contributed by atoms with Gasteiger partial charge in [0.15, 0.2) is 0 Å². The normalized spacial score (nSPS) is 13.2. The van der Waals surface area contributed by atoms with Crippen LogP contribution in [0.3, 0.4) is 0 Å². The number of hydrogen-bond acceptors (Lipinski definition) is 4. The molecule has 13 heavy (non-hydrogen) atoms. The Labute approximate surface area is 79.5 Å². The van der Waals surface area contributed by atoms with Crippen molar-refractivity contribution in [1.82, 2.24) is 0 Å². The van der Waals surface area contributed by atoms with E-state index in [0.717, 1.165) is 0 Å². The summed E-state index contributed by atoms with van der Waals surface area (Å²) in [5, 5.41) is 17.8. The molecule has 0 aliphatic rings. The predicted molar refractivity (Wildman–Crippen MR) is 51.2 cm³/mol. The third-order valence-corrected chi connectivity index (χ3v) is 3.93. The zero-order chi connectivity index (χ0) is 10.5. The Morgan fingerprint density at radius 2 is 1.69 bits per heavy atom. The number of sulfone groups is 1. The molecule has 0 saturated carbocycles. The first-order chi connectivity index (χ1) is 5.89. The zero-order valence-electron chi connectivity index (χ0n) is 8.15. The molecule has 0 rings (SSSR count). The van der Waals surface area contributed by atoms with Gasteiger partial charge in [0, 0.05) is 11.2 Å². The monoisotopic (exact) mass is 210 g/mol. The van der Waals surface area contributed by atoms with Crippen LogP contribution in [0.25, 0.3) is 0 Å². The van der Waals surface area contributed by atoms with Crippen molar-refractivity contribution in [3.63, 3.8) is 0 Å². The van der Waals surface area contributed by atoms with Crippen LogP contribution in [-0.4, -0.2) is 43.4 Å². The maximum absolute atomic E-state index is 11.1. The molecule has 0 radical (unpaired) electrons. The molecule has 80 valence electrons. The van der Waals surface area contributed by atoms with Crippen LogP contribution in [0.2, 0.25) is 0 Å². The average molecular weight is 210 g/mol. The second kappa shape index (κ2) is 4.93. The van der Waals surface area contributed by atoms with Crippen molar-refractivity contribution >= 4 is 9.84 Å². The van der Waals surface area contributed by atoms with Crippen LogP contribution in [0, 0.1) is 5.41 Å². The van der Waals surface area contributed by atoms with Crippen LogP contribution >= 0.6 is 0 Å². The predicted octanol–water partition coefficient (Wildman–Crippen LogP) is -0.198. The van der Waals surface area contributed by atoms with Crippen LogP contribution in [0.5, 0.6) is 0 Å². The molecule has 0 fully saturated rings. The number of aliphatic hydroxyl groups excluding tert-OH is 2. The first kappa shape index (κ1) is 12.9. The van der Waals surface area contributed by atoms with Gasteiger partial charge in [-0.15, -0.1) is 0 Å². The van der Waals surface area contributed by atoms with Crippen molar-refractivity contribution in [2.75, 3.05) is 24.7 Å². The summed E-state index contributed by atoms with van der Waals surface area (Å²) in [5.74, 6) is 0.140. The molecule has 0 amide bonds. The van der Waals surface area contributed by atoms with Crippen molar-refractivity contribution in [3.8, 4) is 0 Å². The van der Waals surface area contributed by atoms with Gasteiger partial charge in [-0.1, -0.05) is 13.8 Å². The quantitative estimate of drug-likeness (QED) is 0.637. The summed E-state index contributed by atoms with van der Waals surface area (Å²) in [6.07, 6.45) is 0.302. The first-order valence-corrected chi connectivity index (χ1v) is 6.13. The molecule has 0 spiro atoms. The lowest BCUT2D eigenvalue weighted by Gasteiger charge is -2.23. The summed E-state index contributed by atoms with van der Waals surface area (Å²) < 4.78 is 22.2. The van der Waals surface area contributed by atoms with Gasteiger partial charge in [0.05, 0.1) is 19.0 Å². The Kier molecular flexibility index (Phi) is 4.88. The molecule has 0 saturated heterocycles. The molecule has 0 aliphatic heterocycles. The van der Waals surface area contributed by atoms with Crippen molar-refractivity contribution in [2.24, 2.45) is 5.41 Å². The van der Waals surface area contributed by atoms with E-state index in [9.17, 15) is 8.42 Å². The van der Waals surface area contributed by atoms with Crippen LogP contribution in [0.4, 0.5) is 0 Å². The second-order valence-corrected chi connectivity index (χ2v) is 6.09. The largest absolute Gasteiger partial charge is 0.396 e. The minimum atomic E-state index is -3.00. The summed E-state index contributed by atoms with van der Waals surface area (Å²) in [6, 6.07) is 0. The molecule has 4 nitrogen and oxygen atoms in total. The Balaban J connectivity index is 4.15. The number of hydrogen-bond donors (Lipinski definition) is 2. The molecule has 0 heterocycles. The van der Waals surface area contributed by atoms with E-state index >= 15 is 0 Å². The van der Waals surface area contributed by atoms with Gasteiger partial charge in [0.1, 0.15) is 9.84 Å². The van der Waals surface area contributed by atoms with Gasteiger partial charge in [-0.3, -0.25) is 0 Å². The molecule has 2 N–H and O–H groups in total. The fourth-order valence-electron chi connectivity index (χ4n) is 0.754. The van der Waals surface area contributed by atoms with Gasteiger partial charge in [-0.05, 0) is 6.42 Å². The summed E-state index contributed by atoms with van der Waals surface area (Å²) in [5.41, 5.74) is -0.678. The smallest absolute Gasteiger partial charge is 0.150 e. The third-order valence-electron chi connectivity index (χ3n) is 2.22. The molecule has 5 heteroatoms. The minimum Gasteiger partial charge on any atom is -0.396 e. The van der Waals surface area contributed by atoms with E-state index in [1.807, 2.05) is 0 Å². The van der Waals surface area contributed by atoms with Gasteiger partial charge in [0.25, 0.3) is 0 Å². The molecule has 0 aliphatic carbocycles. The molecule has 0 unspecified atom stereocenters. The van der Waals surface area contributed by atoms with Crippen molar-refractivity contribution in [3.05, 3.63) is 0 Å². The highest BCUT2D eigenvalue weighted by atomic mass is 32.2. The van der Waals surface area contributed by atoms with Gasteiger partial charge < -0.3 is 10.2 Å². The van der Waals surface area contributed by atoms with E-state index in [2.05, 4.69) is 0 Å². The third kappa shape index (κ3) is 4.59. The van der Waals surface area contributed by atoms with E-state index in [0.29, 0.717) is 6.42 Å². The molecule has 0 bridgehead atoms. The maximum Gasteiger partial charge on any atom is 0.150 e. The lowest BCUT2D eigenvalue weighted by molar-refractivity contribution is 0.0677.